The van der Waals surface area contributed by atoms with E-state index in [9.17, 15) is 13.2 Å². The Balaban J connectivity index is 1.42. The van der Waals surface area contributed by atoms with Gasteiger partial charge in [-0.25, -0.2) is 8.42 Å². The number of amides is 1. The van der Waals surface area contributed by atoms with Gasteiger partial charge >= 0.3 is 0 Å². The van der Waals surface area contributed by atoms with E-state index in [2.05, 4.69) is 5.32 Å². The van der Waals surface area contributed by atoms with Gasteiger partial charge in [-0.15, -0.1) is 0 Å². The van der Waals surface area contributed by atoms with Gasteiger partial charge in [0, 0.05) is 31.2 Å². The molecule has 10 heteroatoms. The fourth-order valence-electron chi connectivity index (χ4n) is 3.81. The molecule has 3 aromatic rings. The van der Waals surface area contributed by atoms with Crippen molar-refractivity contribution in [2.75, 3.05) is 43.0 Å². The Morgan fingerprint density at radius 1 is 0.943 bits per heavy atom. The molecule has 184 valence electrons. The maximum Gasteiger partial charge on any atom is 0.262 e. The van der Waals surface area contributed by atoms with Gasteiger partial charge in [-0.1, -0.05) is 47.0 Å². The number of anilines is 2. The molecule has 0 aliphatic carbocycles. The molecule has 0 saturated carbocycles. The predicted molar refractivity (Wildman–Crippen MR) is 139 cm³/mol. The van der Waals surface area contributed by atoms with Crippen molar-refractivity contribution in [2.24, 2.45) is 0 Å². The van der Waals surface area contributed by atoms with Gasteiger partial charge < -0.3 is 15.0 Å². The summed E-state index contributed by atoms with van der Waals surface area (Å²) in [4.78, 5) is 14.8. The normalized spacial score (nSPS) is 14.5. The zero-order valence-corrected chi connectivity index (χ0v) is 21.4. The molecule has 1 fully saturated rings. The molecule has 4 rings (SSSR count). The Bertz CT molecular complexity index is 1290. The molecule has 0 aromatic heterocycles. The number of sulfonamides is 1. The van der Waals surface area contributed by atoms with E-state index in [0.717, 1.165) is 5.56 Å². The Morgan fingerprint density at radius 2 is 1.60 bits per heavy atom. The Morgan fingerprint density at radius 3 is 2.26 bits per heavy atom. The molecule has 1 saturated heterocycles. The summed E-state index contributed by atoms with van der Waals surface area (Å²) in [6.45, 7) is 3.19. The standard InChI is InChI=1S/C25H25Cl2N3O4S/c1-18-5-11-21(12-6-18)35(32,33)30-15-13-29(14-16-30)25-22(27)3-2-4-23(25)28-24(31)17-34-20-9-7-19(26)8-10-20/h2-12H,13-17H2,1H3,(H,28,31). The van der Waals surface area contributed by atoms with Crippen LogP contribution < -0.4 is 15.0 Å². The molecular weight excluding hydrogens is 509 g/mol. The molecule has 35 heavy (non-hydrogen) atoms. The van der Waals surface area contributed by atoms with Crippen LogP contribution in [-0.2, 0) is 14.8 Å². The summed E-state index contributed by atoms with van der Waals surface area (Å²) in [5.74, 6) is 0.186. The fourth-order valence-corrected chi connectivity index (χ4v) is 5.66. The van der Waals surface area contributed by atoms with E-state index in [1.54, 1.807) is 66.7 Å². The molecule has 7 nitrogen and oxygen atoms in total. The molecule has 0 bridgehead atoms. The van der Waals surface area contributed by atoms with E-state index in [1.165, 1.54) is 4.31 Å². The molecule has 0 unspecified atom stereocenters. The zero-order valence-electron chi connectivity index (χ0n) is 19.1. The highest BCUT2D eigenvalue weighted by atomic mass is 35.5. The van der Waals surface area contributed by atoms with E-state index >= 15 is 0 Å². The first-order valence-electron chi connectivity index (χ1n) is 11.0. The lowest BCUT2D eigenvalue weighted by Gasteiger charge is -2.36. The van der Waals surface area contributed by atoms with Crippen LogP contribution in [0.1, 0.15) is 5.56 Å². The molecule has 1 aliphatic heterocycles. The van der Waals surface area contributed by atoms with E-state index in [4.69, 9.17) is 27.9 Å². The second-order valence-electron chi connectivity index (χ2n) is 8.13. The number of para-hydroxylation sites is 1. The summed E-state index contributed by atoms with van der Waals surface area (Å²) in [5.41, 5.74) is 2.19. The van der Waals surface area contributed by atoms with E-state index < -0.39 is 10.0 Å². The molecule has 1 aliphatic rings. The molecule has 1 N–H and O–H groups in total. The summed E-state index contributed by atoms with van der Waals surface area (Å²) in [6.07, 6.45) is 0. The SMILES string of the molecule is Cc1ccc(S(=O)(=O)N2CCN(c3c(Cl)cccc3NC(=O)COc3ccc(Cl)cc3)CC2)cc1. The summed E-state index contributed by atoms with van der Waals surface area (Å²) in [5, 5.41) is 3.90. The highest BCUT2D eigenvalue weighted by molar-refractivity contribution is 7.89. The van der Waals surface area contributed by atoms with Crippen LogP contribution in [0.5, 0.6) is 5.75 Å². The van der Waals surface area contributed by atoms with Crippen molar-refractivity contribution in [3.63, 3.8) is 0 Å². The Labute approximate surface area is 215 Å². The lowest BCUT2D eigenvalue weighted by atomic mass is 10.2. The number of hydrogen-bond donors (Lipinski definition) is 1. The largest absolute Gasteiger partial charge is 0.484 e. The quantitative estimate of drug-likeness (QED) is 0.470. The number of benzene rings is 3. The highest BCUT2D eigenvalue weighted by Gasteiger charge is 2.30. The van der Waals surface area contributed by atoms with Crippen molar-refractivity contribution in [3.8, 4) is 5.75 Å². The second kappa shape index (κ2) is 10.9. The van der Waals surface area contributed by atoms with Gasteiger partial charge in [0.25, 0.3) is 5.91 Å². The summed E-state index contributed by atoms with van der Waals surface area (Å²) >= 11 is 12.4. The molecule has 1 amide bonds. The van der Waals surface area contributed by atoms with Gasteiger partial charge in [-0.3, -0.25) is 4.79 Å². The van der Waals surface area contributed by atoms with Crippen LogP contribution in [0.3, 0.4) is 0 Å². The maximum absolute atomic E-state index is 13.0. The first-order valence-corrected chi connectivity index (χ1v) is 13.2. The van der Waals surface area contributed by atoms with Crippen molar-refractivity contribution < 1.29 is 17.9 Å². The van der Waals surface area contributed by atoms with Gasteiger partial charge in [0.2, 0.25) is 10.0 Å². The van der Waals surface area contributed by atoms with E-state index in [0.29, 0.717) is 53.3 Å². The number of carbonyl (C=O) groups is 1. The third-order valence-electron chi connectivity index (χ3n) is 5.66. The van der Waals surface area contributed by atoms with Gasteiger partial charge in [0.15, 0.2) is 6.61 Å². The molecule has 3 aromatic carbocycles. The number of piperazine rings is 1. The van der Waals surface area contributed by atoms with Gasteiger partial charge in [-0.2, -0.15) is 4.31 Å². The number of hydrogen-bond acceptors (Lipinski definition) is 5. The van der Waals surface area contributed by atoms with Crippen LogP contribution in [0.2, 0.25) is 10.0 Å². The minimum absolute atomic E-state index is 0.184. The summed E-state index contributed by atoms with van der Waals surface area (Å²) in [7, 11) is -3.58. The van der Waals surface area contributed by atoms with Crippen LogP contribution in [0.15, 0.2) is 71.6 Å². The van der Waals surface area contributed by atoms with E-state index in [1.807, 2.05) is 11.8 Å². The minimum atomic E-state index is -3.58. The second-order valence-corrected chi connectivity index (χ2v) is 10.9. The lowest BCUT2D eigenvalue weighted by molar-refractivity contribution is -0.118. The molecule has 0 spiro atoms. The molecule has 1 heterocycles. The van der Waals surface area contributed by atoms with E-state index in [-0.39, 0.29) is 17.4 Å². The summed E-state index contributed by atoms with van der Waals surface area (Å²) in [6, 6.07) is 18.8. The Kier molecular flexibility index (Phi) is 7.86. The van der Waals surface area contributed by atoms with Crippen LogP contribution in [0.25, 0.3) is 0 Å². The Hall–Kier alpha value is -2.78. The zero-order chi connectivity index (χ0) is 25.0. The number of nitrogens with one attached hydrogen (secondary N) is 1. The number of halogens is 2. The van der Waals surface area contributed by atoms with Crippen LogP contribution in [0.4, 0.5) is 11.4 Å². The van der Waals surface area contributed by atoms with Crippen LogP contribution in [-0.4, -0.2) is 51.4 Å². The molecule has 0 atom stereocenters. The smallest absolute Gasteiger partial charge is 0.262 e. The van der Waals surface area contributed by atoms with Crippen LogP contribution >= 0.6 is 23.2 Å². The van der Waals surface area contributed by atoms with Crippen molar-refractivity contribution >= 4 is 50.5 Å². The third kappa shape index (κ3) is 6.08. The average Bonchev–Trinajstić information content (AvgIpc) is 2.84. The third-order valence-corrected chi connectivity index (χ3v) is 8.13. The molecular formula is C25H25Cl2N3O4S. The topological polar surface area (TPSA) is 79.0 Å². The van der Waals surface area contributed by atoms with Gasteiger partial charge in [0.05, 0.1) is 21.3 Å². The molecule has 0 radical (unpaired) electrons. The monoisotopic (exact) mass is 533 g/mol. The van der Waals surface area contributed by atoms with Crippen molar-refractivity contribution in [2.45, 2.75) is 11.8 Å². The number of carbonyl (C=O) groups excluding carboxylic acids is 1. The fraction of sp³-hybridized carbons (Fsp3) is 0.240. The number of rotatable bonds is 7. The van der Waals surface area contributed by atoms with Gasteiger partial charge in [0.1, 0.15) is 5.75 Å². The number of nitrogens with zero attached hydrogens (tertiary/aromatic N) is 2. The first-order chi connectivity index (χ1) is 16.7. The van der Waals surface area contributed by atoms with Crippen molar-refractivity contribution in [1.82, 2.24) is 4.31 Å². The highest BCUT2D eigenvalue weighted by Crippen LogP contribution is 2.35. The van der Waals surface area contributed by atoms with Crippen LogP contribution in [0, 0.1) is 6.92 Å². The maximum atomic E-state index is 13.0. The number of aryl methyl sites for hydroxylation is 1. The van der Waals surface area contributed by atoms with Crippen molar-refractivity contribution in [1.29, 1.82) is 0 Å². The average molecular weight is 534 g/mol. The lowest BCUT2D eigenvalue weighted by Crippen LogP contribution is -2.49. The minimum Gasteiger partial charge on any atom is -0.484 e. The first kappa shape index (κ1) is 25.3. The van der Waals surface area contributed by atoms with Crippen molar-refractivity contribution in [3.05, 3.63) is 82.3 Å². The predicted octanol–water partition coefficient (Wildman–Crippen LogP) is 4.83. The number of ether oxygens (including phenoxy) is 1. The summed E-state index contributed by atoms with van der Waals surface area (Å²) < 4.78 is 33.1. The van der Waals surface area contributed by atoms with Gasteiger partial charge in [-0.05, 0) is 55.5 Å².